The molecule has 0 radical (unpaired) electrons. The van der Waals surface area contributed by atoms with Crippen molar-refractivity contribution in [2.45, 2.75) is 36.0 Å². The molecule has 1 heterocycles. The summed E-state index contributed by atoms with van der Waals surface area (Å²) >= 11 is 0. The van der Waals surface area contributed by atoms with Gasteiger partial charge in [0.1, 0.15) is 11.5 Å². The molecule has 2 aromatic carbocycles. The van der Waals surface area contributed by atoms with Gasteiger partial charge in [-0.3, -0.25) is 9.69 Å². The van der Waals surface area contributed by atoms with Crippen LogP contribution in [-0.2, 0) is 18.4 Å². The summed E-state index contributed by atoms with van der Waals surface area (Å²) < 4.78 is 37.3. The van der Waals surface area contributed by atoms with Crippen LogP contribution < -0.4 is 10.5 Å². The highest BCUT2D eigenvalue weighted by molar-refractivity contribution is 8.72. The molecular weight excluding hydrogens is 436 g/mol. The zero-order chi connectivity index (χ0) is 22.3. The highest BCUT2D eigenvalue weighted by atomic mass is 33.1. The number of hydrogen-bond acceptors (Lipinski definition) is 7. The van der Waals surface area contributed by atoms with E-state index in [9.17, 15) is 13.2 Å². The minimum Gasteiger partial charge on any atom is -0.457 e. The van der Waals surface area contributed by atoms with Gasteiger partial charge in [0.15, 0.2) is 0 Å². The number of hydrogen-bond donors (Lipinski definition) is 1. The van der Waals surface area contributed by atoms with Gasteiger partial charge in [-0.25, -0.2) is 8.42 Å². The minimum atomic E-state index is -3.63. The zero-order valence-corrected chi connectivity index (χ0v) is 19.1. The fourth-order valence-corrected chi connectivity index (χ4v) is 7.41. The highest BCUT2D eigenvalue weighted by Crippen LogP contribution is 2.34. The van der Waals surface area contributed by atoms with Crippen molar-refractivity contribution in [3.63, 3.8) is 0 Å². The number of carbonyl (C=O) groups excluding carboxylic acids is 1. The monoisotopic (exact) mass is 464 g/mol. The molecule has 1 saturated heterocycles. The van der Waals surface area contributed by atoms with E-state index in [1.54, 1.807) is 24.3 Å². The van der Waals surface area contributed by atoms with Crippen LogP contribution >= 0.6 is 10.8 Å². The van der Waals surface area contributed by atoms with Gasteiger partial charge >= 0.3 is 0 Å². The Morgan fingerprint density at radius 3 is 2.29 bits per heavy atom. The van der Waals surface area contributed by atoms with Gasteiger partial charge in [0, 0.05) is 30.8 Å². The van der Waals surface area contributed by atoms with E-state index in [0.717, 1.165) is 10.8 Å². The average Bonchev–Trinajstić information content (AvgIpc) is 2.77. The SMILES string of the molecule is CCC(SS(=O)(=O)c1ccc(Oc2ccccc2)cc1)C(CC(N)=O)N1CCOCC1. The Balaban J connectivity index is 1.73. The molecular formula is C22H28N2O5S2. The third-order valence-electron chi connectivity index (χ3n) is 5.10. The van der Waals surface area contributed by atoms with Gasteiger partial charge in [-0.05, 0) is 53.6 Å². The summed E-state index contributed by atoms with van der Waals surface area (Å²) in [4.78, 5) is 14.0. The third kappa shape index (κ3) is 6.70. The number of morpholine rings is 1. The molecule has 0 aromatic heterocycles. The van der Waals surface area contributed by atoms with Gasteiger partial charge in [-0.1, -0.05) is 25.1 Å². The lowest BCUT2D eigenvalue weighted by Gasteiger charge is -2.37. The average molecular weight is 465 g/mol. The molecule has 1 amide bonds. The largest absolute Gasteiger partial charge is 0.457 e. The second-order valence-corrected chi connectivity index (χ2v) is 11.3. The Hall–Kier alpha value is -2.07. The summed E-state index contributed by atoms with van der Waals surface area (Å²) in [6, 6.07) is 15.4. The van der Waals surface area contributed by atoms with Crippen molar-refractivity contribution < 1.29 is 22.7 Å². The van der Waals surface area contributed by atoms with E-state index in [1.165, 1.54) is 0 Å². The Morgan fingerprint density at radius 2 is 1.71 bits per heavy atom. The molecule has 0 aliphatic carbocycles. The second kappa shape index (κ2) is 11.0. The van der Waals surface area contributed by atoms with Crippen molar-refractivity contribution in [2.75, 3.05) is 26.3 Å². The number of benzene rings is 2. The van der Waals surface area contributed by atoms with Crippen LogP contribution in [0.3, 0.4) is 0 Å². The number of ether oxygens (including phenoxy) is 2. The van der Waals surface area contributed by atoms with Crippen molar-refractivity contribution in [3.8, 4) is 11.5 Å². The molecule has 0 spiro atoms. The number of para-hydroxylation sites is 1. The highest BCUT2D eigenvalue weighted by Gasteiger charge is 2.33. The van der Waals surface area contributed by atoms with Crippen LogP contribution in [0, 0.1) is 0 Å². The quantitative estimate of drug-likeness (QED) is 0.539. The van der Waals surface area contributed by atoms with Crippen LogP contribution in [0.2, 0.25) is 0 Å². The molecule has 1 aliphatic rings. The standard InChI is InChI=1S/C22H28N2O5S2/c1-2-21(20(16-22(23)25)24-12-14-28-15-13-24)30-31(26,27)19-10-8-18(9-11-19)29-17-6-4-3-5-7-17/h3-11,20-21H,2,12-16H2,1H3,(H2,23,25). The number of nitrogens with zero attached hydrogens (tertiary/aromatic N) is 1. The number of nitrogens with two attached hydrogens (primary N) is 1. The summed E-state index contributed by atoms with van der Waals surface area (Å²) in [5.74, 6) is 0.802. The minimum absolute atomic E-state index is 0.116. The van der Waals surface area contributed by atoms with Gasteiger partial charge in [0.2, 0.25) is 14.8 Å². The molecule has 9 heteroatoms. The van der Waals surface area contributed by atoms with Gasteiger partial charge in [-0.2, -0.15) is 0 Å². The maximum atomic E-state index is 13.1. The van der Waals surface area contributed by atoms with E-state index in [-0.39, 0.29) is 22.6 Å². The summed E-state index contributed by atoms with van der Waals surface area (Å²) in [7, 11) is -2.73. The van der Waals surface area contributed by atoms with Gasteiger partial charge in [0.05, 0.1) is 18.1 Å². The lowest BCUT2D eigenvalue weighted by molar-refractivity contribution is -0.119. The van der Waals surface area contributed by atoms with Crippen LogP contribution in [0.4, 0.5) is 0 Å². The van der Waals surface area contributed by atoms with Crippen LogP contribution in [0.15, 0.2) is 59.5 Å². The fraction of sp³-hybridized carbons (Fsp3) is 0.409. The summed E-state index contributed by atoms with van der Waals surface area (Å²) in [5.41, 5.74) is 5.48. The van der Waals surface area contributed by atoms with Gasteiger partial charge < -0.3 is 15.2 Å². The van der Waals surface area contributed by atoms with E-state index in [1.807, 2.05) is 37.3 Å². The van der Waals surface area contributed by atoms with E-state index < -0.39 is 14.8 Å². The normalized spacial score (nSPS) is 17.1. The van der Waals surface area contributed by atoms with Crippen molar-refractivity contribution in [3.05, 3.63) is 54.6 Å². The Bertz CT molecular complexity index is 946. The summed E-state index contributed by atoms with van der Waals surface area (Å²) in [5, 5.41) is -0.296. The third-order valence-corrected chi connectivity index (χ3v) is 9.17. The maximum absolute atomic E-state index is 13.1. The summed E-state index contributed by atoms with van der Waals surface area (Å²) in [6.07, 6.45) is 0.708. The Labute approximate surface area is 187 Å². The van der Waals surface area contributed by atoms with E-state index in [4.69, 9.17) is 15.2 Å². The molecule has 2 atom stereocenters. The molecule has 3 rings (SSSR count). The first-order valence-corrected chi connectivity index (χ1v) is 13.1. The van der Waals surface area contributed by atoms with Gasteiger partial charge in [0.25, 0.3) is 0 Å². The molecule has 1 aliphatic heterocycles. The second-order valence-electron chi connectivity index (χ2n) is 7.27. The molecule has 2 aromatic rings. The van der Waals surface area contributed by atoms with Crippen LogP contribution in [0.1, 0.15) is 19.8 Å². The molecule has 1 fully saturated rings. The number of primary amides is 1. The number of carbonyl (C=O) groups is 1. The smallest absolute Gasteiger partial charge is 0.230 e. The molecule has 31 heavy (non-hydrogen) atoms. The predicted molar refractivity (Wildman–Crippen MR) is 122 cm³/mol. The molecule has 2 unspecified atom stereocenters. The molecule has 7 nitrogen and oxygen atoms in total. The first-order chi connectivity index (χ1) is 14.9. The Kier molecular flexibility index (Phi) is 8.36. The topological polar surface area (TPSA) is 98.9 Å². The molecule has 2 N–H and O–H groups in total. The lowest BCUT2D eigenvalue weighted by atomic mass is 10.1. The first kappa shape index (κ1) is 23.6. The van der Waals surface area contributed by atoms with Crippen LogP contribution in [-0.4, -0.2) is 56.8 Å². The van der Waals surface area contributed by atoms with Crippen molar-refractivity contribution >= 4 is 25.6 Å². The molecule has 168 valence electrons. The van der Waals surface area contributed by atoms with Crippen molar-refractivity contribution in [1.29, 1.82) is 0 Å². The maximum Gasteiger partial charge on any atom is 0.230 e. The number of amides is 1. The predicted octanol–water partition coefficient (Wildman–Crippen LogP) is 3.26. The van der Waals surface area contributed by atoms with Crippen LogP contribution in [0.5, 0.6) is 11.5 Å². The van der Waals surface area contributed by atoms with Crippen molar-refractivity contribution in [2.24, 2.45) is 5.73 Å². The zero-order valence-electron chi connectivity index (χ0n) is 17.5. The van der Waals surface area contributed by atoms with E-state index in [0.29, 0.717) is 44.2 Å². The van der Waals surface area contributed by atoms with Gasteiger partial charge in [-0.15, -0.1) is 0 Å². The number of rotatable bonds is 10. The van der Waals surface area contributed by atoms with Crippen molar-refractivity contribution in [1.82, 2.24) is 4.90 Å². The van der Waals surface area contributed by atoms with E-state index >= 15 is 0 Å². The molecule has 0 saturated carbocycles. The summed E-state index contributed by atoms with van der Waals surface area (Å²) in [6.45, 7) is 4.36. The van der Waals surface area contributed by atoms with E-state index in [2.05, 4.69) is 4.90 Å². The van der Waals surface area contributed by atoms with Crippen LogP contribution in [0.25, 0.3) is 0 Å². The first-order valence-electron chi connectivity index (χ1n) is 10.3. The Morgan fingerprint density at radius 1 is 1.10 bits per heavy atom. The fourth-order valence-electron chi connectivity index (χ4n) is 3.53. The lowest BCUT2D eigenvalue weighted by Crippen LogP contribution is -2.49. The molecule has 0 bridgehead atoms.